The average molecular weight is 1080 g/mol. The number of unbranched alkanes of at least 4 members (excludes halogenated alkanes) is 8. The molecule has 0 aromatic heterocycles. The first-order valence-electron chi connectivity index (χ1n) is 28.4. The van der Waals surface area contributed by atoms with Crippen molar-refractivity contribution in [2.45, 2.75) is 200 Å². The molecule has 0 fully saturated rings. The van der Waals surface area contributed by atoms with Crippen LogP contribution < -0.4 is 0 Å². The van der Waals surface area contributed by atoms with Crippen molar-refractivity contribution in [1.29, 1.82) is 0 Å². The van der Waals surface area contributed by atoms with Gasteiger partial charge < -0.3 is 24.2 Å². The van der Waals surface area contributed by atoms with E-state index in [0.29, 0.717) is 19.3 Å². The highest BCUT2D eigenvalue weighted by Gasteiger charge is 2.28. The fraction of sp³-hybridized carbons (Fsp3) is 0.547. The SMILES string of the molecule is CC/C=C\C/C=C\C/C=C\C/C=C\C/C=C\CC(=O)OC(CO)COP(=O)(O)OCC(COC(=O)CCCC/C=C\C/C=C\C/C=C\C/C=C\CC)OC(=O)CCCCCCCC/C=C\C/C=C\C/C=C\C/C=C\CC. The van der Waals surface area contributed by atoms with Crippen molar-refractivity contribution in [3.8, 4) is 0 Å². The van der Waals surface area contributed by atoms with E-state index in [4.69, 9.17) is 23.3 Å². The molecule has 0 rings (SSSR count). The van der Waals surface area contributed by atoms with Gasteiger partial charge in [-0.15, -0.1) is 0 Å². The summed E-state index contributed by atoms with van der Waals surface area (Å²) in [6.45, 7) is 4.09. The monoisotopic (exact) mass is 1070 g/mol. The molecule has 0 saturated carbocycles. The molecule has 3 atom stereocenters. The highest BCUT2D eigenvalue weighted by Crippen LogP contribution is 2.43. The minimum atomic E-state index is -4.80. The molecule has 0 aliphatic heterocycles. The fourth-order valence-corrected chi connectivity index (χ4v) is 7.55. The van der Waals surface area contributed by atoms with E-state index in [1.165, 1.54) is 0 Å². The number of carbonyl (C=O) groups is 3. The second-order valence-corrected chi connectivity index (χ2v) is 19.4. The van der Waals surface area contributed by atoms with Crippen molar-refractivity contribution in [3.05, 3.63) is 158 Å². The van der Waals surface area contributed by atoms with Gasteiger partial charge in [0.25, 0.3) is 0 Å². The second kappa shape index (κ2) is 56.3. The summed E-state index contributed by atoms with van der Waals surface area (Å²) in [4.78, 5) is 48.5. The summed E-state index contributed by atoms with van der Waals surface area (Å²) in [5.74, 6) is -1.69. The number of esters is 3. The van der Waals surface area contributed by atoms with Gasteiger partial charge >= 0.3 is 25.7 Å². The van der Waals surface area contributed by atoms with Crippen LogP contribution in [0.1, 0.15) is 188 Å². The summed E-state index contributed by atoms with van der Waals surface area (Å²) < 4.78 is 39.3. The van der Waals surface area contributed by atoms with Crippen molar-refractivity contribution in [1.82, 2.24) is 0 Å². The van der Waals surface area contributed by atoms with Crippen LogP contribution in [-0.2, 0) is 42.2 Å². The predicted molar refractivity (Wildman–Crippen MR) is 315 cm³/mol. The number of hydrogen-bond donors (Lipinski definition) is 2. The van der Waals surface area contributed by atoms with Gasteiger partial charge in [0.15, 0.2) is 6.10 Å². The maximum absolute atomic E-state index is 12.9. The summed E-state index contributed by atoms with van der Waals surface area (Å²) in [5, 5.41) is 9.79. The van der Waals surface area contributed by atoms with Crippen molar-refractivity contribution < 1.29 is 52.2 Å². The molecule has 0 aliphatic rings. The average Bonchev–Trinajstić information content (AvgIpc) is 3.41. The van der Waals surface area contributed by atoms with Crippen LogP contribution in [0.4, 0.5) is 0 Å². The lowest BCUT2D eigenvalue weighted by Crippen LogP contribution is -2.30. The van der Waals surface area contributed by atoms with Crippen molar-refractivity contribution in [3.63, 3.8) is 0 Å². The lowest BCUT2D eigenvalue weighted by atomic mass is 10.1. The Labute approximate surface area is 460 Å². The van der Waals surface area contributed by atoms with E-state index in [1.807, 2.05) is 18.2 Å². The third-order valence-electron chi connectivity index (χ3n) is 11.0. The standard InChI is InChI=1S/C64H99O11P/c1-4-7-10-13-16-19-22-25-28-29-30-31-34-37-40-43-46-49-52-55-64(68)75-61(57-71-62(66)53-50-47-44-41-38-35-32-26-23-20-17-14-11-8-5-2)59-73-76(69,70)72-58-60(56-65)74-63(67)54-51-48-45-42-39-36-33-27-24-21-18-15-12-9-6-3/h7-12,16-21,25-28,30-33,38-39,41-42,48,51,60-61,65H,4-6,13-15,22-24,29,34-37,40,43-47,49-50,52-59H2,1-3H3,(H,69,70)/b10-7-,11-8-,12-9-,19-16-,20-17-,21-18-,28-25-,31-30-,32-26-,33-27-,41-38-,42-39-,51-48-. The number of aliphatic hydroxyl groups is 1. The molecular weight excluding hydrogens is 976 g/mol. The minimum Gasteiger partial charge on any atom is -0.462 e. The minimum absolute atomic E-state index is 0.0678. The number of hydrogen-bond acceptors (Lipinski definition) is 10. The normalized spacial score (nSPS) is 14.5. The van der Waals surface area contributed by atoms with Gasteiger partial charge in [-0.2, -0.15) is 0 Å². The van der Waals surface area contributed by atoms with Gasteiger partial charge in [-0.3, -0.25) is 23.4 Å². The van der Waals surface area contributed by atoms with Crippen molar-refractivity contribution >= 4 is 25.7 Å². The van der Waals surface area contributed by atoms with E-state index in [2.05, 4.69) is 154 Å². The number of phosphoric ester groups is 1. The van der Waals surface area contributed by atoms with Crippen molar-refractivity contribution in [2.24, 2.45) is 0 Å². The van der Waals surface area contributed by atoms with E-state index in [0.717, 1.165) is 128 Å². The molecule has 0 bridgehead atoms. The van der Waals surface area contributed by atoms with E-state index >= 15 is 0 Å². The summed E-state index contributed by atoms with van der Waals surface area (Å²) >= 11 is 0. The molecule has 0 aliphatic carbocycles. The van der Waals surface area contributed by atoms with Crippen LogP contribution in [0.25, 0.3) is 0 Å². The quantitative estimate of drug-likeness (QED) is 0.0197. The third-order valence-corrected chi connectivity index (χ3v) is 11.9. The highest BCUT2D eigenvalue weighted by atomic mass is 31.2. The van der Waals surface area contributed by atoms with Crippen LogP contribution in [0, 0.1) is 0 Å². The van der Waals surface area contributed by atoms with Crippen LogP contribution in [-0.4, -0.2) is 66.5 Å². The molecular formula is C64H99O11P. The largest absolute Gasteiger partial charge is 0.472 e. The Balaban J connectivity index is 4.92. The number of rotatable bonds is 50. The van der Waals surface area contributed by atoms with Gasteiger partial charge in [-0.1, -0.05) is 204 Å². The molecule has 0 aromatic rings. The first kappa shape index (κ1) is 71.1. The Hall–Kier alpha value is -4.90. The molecule has 426 valence electrons. The van der Waals surface area contributed by atoms with Gasteiger partial charge in [0.2, 0.25) is 0 Å². The number of ether oxygens (including phenoxy) is 3. The summed E-state index contributed by atoms with van der Waals surface area (Å²) in [7, 11) is -4.80. The third kappa shape index (κ3) is 53.9. The lowest BCUT2D eigenvalue weighted by Gasteiger charge is -2.21. The molecule has 0 radical (unpaired) electrons. The van der Waals surface area contributed by atoms with Crippen LogP contribution in [0.5, 0.6) is 0 Å². The molecule has 0 heterocycles. The number of allylic oxidation sites excluding steroid dienone is 25. The number of carbonyl (C=O) groups excluding carboxylic acids is 3. The van der Waals surface area contributed by atoms with Crippen LogP contribution in [0.2, 0.25) is 0 Å². The van der Waals surface area contributed by atoms with E-state index in [-0.39, 0.29) is 25.9 Å². The van der Waals surface area contributed by atoms with Crippen LogP contribution in [0.3, 0.4) is 0 Å². The zero-order valence-electron chi connectivity index (χ0n) is 46.9. The van der Waals surface area contributed by atoms with Gasteiger partial charge in [0.05, 0.1) is 26.2 Å². The second-order valence-electron chi connectivity index (χ2n) is 18.0. The topological polar surface area (TPSA) is 155 Å². The predicted octanol–water partition coefficient (Wildman–Crippen LogP) is 16.9. The zero-order valence-corrected chi connectivity index (χ0v) is 47.8. The van der Waals surface area contributed by atoms with Gasteiger partial charge in [0.1, 0.15) is 12.7 Å². The maximum Gasteiger partial charge on any atom is 0.472 e. The smallest absolute Gasteiger partial charge is 0.462 e. The molecule has 0 spiro atoms. The molecule has 0 amide bonds. The Morgan fingerprint density at radius 2 is 0.697 bits per heavy atom. The molecule has 3 unspecified atom stereocenters. The number of phosphoric acid groups is 1. The Kier molecular flexibility index (Phi) is 52.7. The Bertz CT molecular complexity index is 1880. The van der Waals surface area contributed by atoms with Gasteiger partial charge in [-0.05, 0) is 122 Å². The summed E-state index contributed by atoms with van der Waals surface area (Å²) in [6, 6.07) is 0. The van der Waals surface area contributed by atoms with Crippen LogP contribution in [0.15, 0.2) is 158 Å². The Morgan fingerprint density at radius 1 is 0.382 bits per heavy atom. The molecule has 12 heteroatoms. The molecule has 0 aromatic carbocycles. The summed E-state index contributed by atoms with van der Waals surface area (Å²) in [5.41, 5.74) is 0. The highest BCUT2D eigenvalue weighted by molar-refractivity contribution is 7.47. The van der Waals surface area contributed by atoms with Gasteiger partial charge in [-0.25, -0.2) is 4.57 Å². The van der Waals surface area contributed by atoms with Crippen LogP contribution >= 0.6 is 7.82 Å². The first-order chi connectivity index (χ1) is 37.2. The summed E-state index contributed by atoms with van der Waals surface area (Å²) in [6.07, 6.45) is 73.8. The fourth-order valence-electron chi connectivity index (χ4n) is 6.76. The molecule has 11 nitrogen and oxygen atoms in total. The zero-order chi connectivity index (χ0) is 55.5. The van der Waals surface area contributed by atoms with Gasteiger partial charge in [0, 0.05) is 12.8 Å². The first-order valence-corrected chi connectivity index (χ1v) is 29.9. The maximum atomic E-state index is 12.9. The number of aliphatic hydroxyl groups excluding tert-OH is 1. The molecule has 2 N–H and O–H groups in total. The molecule has 76 heavy (non-hydrogen) atoms. The molecule has 0 saturated heterocycles. The van der Waals surface area contributed by atoms with E-state index < -0.39 is 57.8 Å². The Morgan fingerprint density at radius 3 is 1.12 bits per heavy atom. The van der Waals surface area contributed by atoms with Crippen molar-refractivity contribution in [2.75, 3.05) is 26.4 Å². The lowest BCUT2D eigenvalue weighted by molar-refractivity contribution is -0.161. The van der Waals surface area contributed by atoms with E-state index in [1.54, 1.807) is 6.08 Å². The van der Waals surface area contributed by atoms with E-state index in [9.17, 15) is 28.9 Å².